The van der Waals surface area contributed by atoms with E-state index in [0.717, 1.165) is 16.9 Å². The van der Waals surface area contributed by atoms with Gasteiger partial charge in [-0.3, -0.25) is 14.4 Å². The molecule has 0 saturated heterocycles. The van der Waals surface area contributed by atoms with Crippen molar-refractivity contribution < 1.29 is 14.4 Å². The van der Waals surface area contributed by atoms with E-state index in [4.69, 9.17) is 16.3 Å². The van der Waals surface area contributed by atoms with Crippen molar-refractivity contribution in [2.45, 2.75) is 46.5 Å². The molecule has 1 aromatic carbocycles. The highest BCUT2D eigenvalue weighted by molar-refractivity contribution is 7.17. The molecule has 0 unspecified atom stereocenters. The molecule has 0 bridgehead atoms. The van der Waals surface area contributed by atoms with Crippen molar-refractivity contribution in [3.05, 3.63) is 40.4 Å². The summed E-state index contributed by atoms with van der Waals surface area (Å²) in [6, 6.07) is 7.47. The molecule has 0 radical (unpaired) electrons. The number of nitrogens with one attached hydrogen (secondary N) is 2. The third-order valence-electron chi connectivity index (χ3n) is 3.76. The van der Waals surface area contributed by atoms with Crippen molar-refractivity contribution in [3.63, 3.8) is 0 Å². The molecule has 32 heavy (non-hydrogen) atoms. The van der Waals surface area contributed by atoms with Gasteiger partial charge in [-0.25, -0.2) is 9.98 Å². The minimum atomic E-state index is -0.223. The Morgan fingerprint density at radius 3 is 2.12 bits per heavy atom. The lowest BCUT2D eigenvalue weighted by Gasteiger charge is -2.03. The summed E-state index contributed by atoms with van der Waals surface area (Å²) in [7, 11) is 1.56. The lowest BCUT2D eigenvalue weighted by molar-refractivity contribution is -0.114. The van der Waals surface area contributed by atoms with E-state index in [1.807, 2.05) is 24.3 Å². The maximum absolute atomic E-state index is 12.0. The lowest BCUT2D eigenvalue weighted by Crippen LogP contribution is -2.21. The van der Waals surface area contributed by atoms with Crippen molar-refractivity contribution in [1.29, 1.82) is 0 Å². The van der Waals surface area contributed by atoms with Gasteiger partial charge in [-0.1, -0.05) is 50.2 Å². The summed E-state index contributed by atoms with van der Waals surface area (Å²) in [4.78, 5) is 40.6. The van der Waals surface area contributed by atoms with Crippen LogP contribution in [0.25, 0.3) is 0 Å². The molecule has 1 aromatic heterocycles. The molecule has 0 aliphatic carbocycles. The van der Waals surface area contributed by atoms with Crippen LogP contribution in [0.2, 0.25) is 0 Å². The van der Waals surface area contributed by atoms with Crippen molar-refractivity contribution in [2.75, 3.05) is 12.4 Å². The Bertz CT molecular complexity index is 874. The van der Waals surface area contributed by atoms with Gasteiger partial charge in [-0.15, -0.1) is 0 Å². The summed E-state index contributed by atoms with van der Waals surface area (Å²) in [6.45, 7) is 5.76. The zero-order chi connectivity index (χ0) is 24.5. The minimum Gasteiger partial charge on any atom is -0.372 e. The van der Waals surface area contributed by atoms with Crippen LogP contribution in [-0.2, 0) is 22.4 Å². The second-order valence-electron chi connectivity index (χ2n) is 6.39. The number of thiazole rings is 1. The van der Waals surface area contributed by atoms with Crippen molar-refractivity contribution in [2.24, 2.45) is 22.2 Å². The average Bonchev–Trinajstić information content (AvgIpc) is 3.15. The molecule has 2 aromatic rings. The van der Waals surface area contributed by atoms with Gasteiger partial charge in [0.05, 0.1) is 11.4 Å². The van der Waals surface area contributed by atoms with E-state index < -0.39 is 0 Å². The zero-order valence-corrected chi connectivity index (χ0v) is 19.8. The van der Waals surface area contributed by atoms with Gasteiger partial charge in [0.1, 0.15) is 4.88 Å². The molecule has 176 valence electrons. The molecule has 2 rings (SSSR count). The Hall–Kier alpha value is -3.47. The highest BCUT2D eigenvalue weighted by Crippen LogP contribution is 2.24. The van der Waals surface area contributed by atoms with Crippen LogP contribution in [0.15, 0.2) is 29.3 Å². The number of primary amides is 1. The molecular weight excluding hydrogens is 430 g/mol. The van der Waals surface area contributed by atoms with Crippen molar-refractivity contribution in [3.8, 4) is 0 Å². The second kappa shape index (κ2) is 16.3. The van der Waals surface area contributed by atoms with Crippen molar-refractivity contribution >= 4 is 46.3 Å². The molecule has 0 aliphatic heterocycles. The SMILES string of the molecule is CCCC.CNC(=O)c1sc(NC(C)=O)nc1CCc1ccc(N=C(N)N)cc1.NC=O. The first-order valence-electron chi connectivity index (χ1n) is 10.0. The number of carbonyl (C=O) groups is 3. The summed E-state index contributed by atoms with van der Waals surface area (Å²) in [5.41, 5.74) is 17.2. The van der Waals surface area contributed by atoms with E-state index in [0.29, 0.717) is 34.2 Å². The summed E-state index contributed by atoms with van der Waals surface area (Å²) in [5.74, 6) is -0.428. The molecule has 0 fully saturated rings. The predicted molar refractivity (Wildman–Crippen MR) is 130 cm³/mol. The minimum absolute atomic E-state index is 0.0101. The van der Waals surface area contributed by atoms with Crippen LogP contribution in [0.1, 0.15) is 54.5 Å². The van der Waals surface area contributed by atoms with Crippen LogP contribution in [0, 0.1) is 0 Å². The fourth-order valence-corrected chi connectivity index (χ4v) is 3.17. The number of aromatic nitrogens is 1. The Morgan fingerprint density at radius 1 is 1.12 bits per heavy atom. The Kier molecular flexibility index (Phi) is 14.5. The van der Waals surface area contributed by atoms with Gasteiger partial charge in [0.25, 0.3) is 5.91 Å². The third kappa shape index (κ3) is 11.6. The number of benzene rings is 1. The quantitative estimate of drug-likeness (QED) is 0.238. The van der Waals surface area contributed by atoms with Gasteiger partial charge >= 0.3 is 0 Å². The van der Waals surface area contributed by atoms with Crippen LogP contribution in [-0.4, -0.2) is 36.2 Å². The monoisotopic (exact) mass is 463 g/mol. The number of amides is 3. The number of unbranched alkanes of at least 4 members (excludes halogenated alkanes) is 1. The smallest absolute Gasteiger partial charge is 0.263 e. The van der Waals surface area contributed by atoms with Crippen molar-refractivity contribution in [1.82, 2.24) is 10.3 Å². The number of nitrogens with two attached hydrogens (primary N) is 3. The van der Waals surface area contributed by atoms with E-state index in [-0.39, 0.29) is 24.2 Å². The molecule has 1 heterocycles. The number of rotatable bonds is 7. The average molecular weight is 464 g/mol. The predicted octanol–water partition coefficient (Wildman–Crippen LogP) is 2.06. The molecule has 0 spiro atoms. The Morgan fingerprint density at radius 2 is 1.69 bits per heavy atom. The maximum Gasteiger partial charge on any atom is 0.263 e. The standard InChI is InChI=1S/C16H20N6O2S.C4H10.CH3NO/c1-9(23)20-16-22-12(13(25-16)14(24)19-2)8-5-10-3-6-11(7-4-10)21-15(17)18;1-3-4-2;2-1-3/h3-4,6-7H,5,8H2,1-2H3,(H,19,24)(H4,17,18,21)(H,20,22,23);3-4H2,1-2H3;1H,(H2,2,3). The first-order chi connectivity index (χ1) is 15.2. The molecule has 8 N–H and O–H groups in total. The lowest BCUT2D eigenvalue weighted by atomic mass is 10.1. The molecule has 3 amide bonds. The largest absolute Gasteiger partial charge is 0.372 e. The Labute approximate surface area is 192 Å². The molecule has 0 saturated carbocycles. The van der Waals surface area contributed by atoms with E-state index in [9.17, 15) is 9.59 Å². The van der Waals surface area contributed by atoms with Gasteiger partial charge in [0.15, 0.2) is 11.1 Å². The number of aryl methyl sites for hydroxylation is 2. The molecule has 10 nitrogen and oxygen atoms in total. The van der Waals surface area contributed by atoms with Gasteiger partial charge < -0.3 is 27.8 Å². The van der Waals surface area contributed by atoms with E-state index in [1.165, 1.54) is 19.8 Å². The van der Waals surface area contributed by atoms with Crippen LogP contribution in [0.5, 0.6) is 0 Å². The fourth-order valence-electron chi connectivity index (χ4n) is 2.17. The molecular formula is C21H33N7O3S. The number of nitrogens with zero attached hydrogens (tertiary/aromatic N) is 2. The first-order valence-corrected chi connectivity index (χ1v) is 10.9. The van der Waals surface area contributed by atoms with E-state index in [1.54, 1.807) is 7.05 Å². The summed E-state index contributed by atoms with van der Waals surface area (Å²) in [5, 5.41) is 5.63. The summed E-state index contributed by atoms with van der Waals surface area (Å²) >= 11 is 1.16. The highest BCUT2D eigenvalue weighted by Gasteiger charge is 2.17. The number of hydrogen-bond donors (Lipinski definition) is 5. The van der Waals surface area contributed by atoms with E-state index in [2.05, 4.69) is 40.2 Å². The Balaban J connectivity index is 0.00000121. The summed E-state index contributed by atoms with van der Waals surface area (Å²) < 4.78 is 0. The van der Waals surface area contributed by atoms with Crippen LogP contribution in [0.4, 0.5) is 10.8 Å². The number of anilines is 1. The van der Waals surface area contributed by atoms with Crippen LogP contribution < -0.4 is 27.8 Å². The fraction of sp³-hybridized carbons (Fsp3) is 0.381. The van der Waals surface area contributed by atoms with E-state index >= 15 is 0 Å². The molecule has 11 heteroatoms. The molecule has 0 aliphatic rings. The number of hydrogen-bond acceptors (Lipinski definition) is 6. The zero-order valence-electron chi connectivity index (χ0n) is 19.0. The van der Waals surface area contributed by atoms with Gasteiger partial charge in [0, 0.05) is 14.0 Å². The van der Waals surface area contributed by atoms with Gasteiger partial charge in [0.2, 0.25) is 12.3 Å². The number of guanidine groups is 1. The summed E-state index contributed by atoms with van der Waals surface area (Å²) in [6.07, 6.45) is 4.15. The van der Waals surface area contributed by atoms with Gasteiger partial charge in [-0.05, 0) is 30.5 Å². The second-order valence-corrected chi connectivity index (χ2v) is 7.39. The third-order valence-corrected chi connectivity index (χ3v) is 4.77. The van der Waals surface area contributed by atoms with Crippen LogP contribution >= 0.6 is 11.3 Å². The normalized spacial score (nSPS) is 9.25. The maximum atomic E-state index is 12.0. The number of aliphatic imine (C=N–C) groups is 1. The number of carbonyl (C=O) groups excluding carboxylic acids is 3. The first kappa shape index (κ1) is 28.5. The van der Waals surface area contributed by atoms with Gasteiger partial charge in [-0.2, -0.15) is 0 Å². The molecule has 0 atom stereocenters. The van der Waals surface area contributed by atoms with Crippen LogP contribution in [0.3, 0.4) is 0 Å². The highest BCUT2D eigenvalue weighted by atomic mass is 32.1. The topological polar surface area (TPSA) is 179 Å².